The zero-order valence-corrected chi connectivity index (χ0v) is 33.6. The van der Waals surface area contributed by atoms with E-state index >= 15 is 0 Å². The van der Waals surface area contributed by atoms with Gasteiger partial charge in [-0.3, -0.25) is 24.0 Å². The van der Waals surface area contributed by atoms with Crippen molar-refractivity contribution < 1.29 is 43.0 Å². The van der Waals surface area contributed by atoms with Gasteiger partial charge >= 0.3 is 18.0 Å². The zero-order chi connectivity index (χ0) is 39.9. The van der Waals surface area contributed by atoms with Crippen molar-refractivity contribution in [3.63, 3.8) is 0 Å². The van der Waals surface area contributed by atoms with Gasteiger partial charge in [0.15, 0.2) is 0 Å². The van der Waals surface area contributed by atoms with E-state index in [0.717, 1.165) is 12.8 Å². The Kier molecular flexibility index (Phi) is 15.7. The lowest BCUT2D eigenvalue weighted by molar-refractivity contribution is -0.155. The minimum atomic E-state index is -1.15. The van der Waals surface area contributed by atoms with E-state index < -0.39 is 76.7 Å². The van der Waals surface area contributed by atoms with Crippen LogP contribution in [0.3, 0.4) is 0 Å². The second-order valence-corrected chi connectivity index (χ2v) is 17.4. The highest BCUT2D eigenvalue weighted by Crippen LogP contribution is 2.39. The SMILES string of the molecule is CC(C)OC(=O)[C@@H](NC(=O)N[C@H](C(=O)N1CC[C@H](C(C)C)[C@H]1C(=O)N[C@H](C(=O)C(=O)NCCC(=O)OC(C)(C)C)[C@H](C)C1CC1)C(C)(C)C)C(C)C. The third-order valence-electron chi connectivity index (χ3n) is 9.53. The smallest absolute Gasteiger partial charge is 0.329 e. The van der Waals surface area contributed by atoms with E-state index in [1.165, 1.54) is 4.90 Å². The summed E-state index contributed by atoms with van der Waals surface area (Å²) in [6.07, 6.45) is 1.73. The molecule has 2 fully saturated rings. The van der Waals surface area contributed by atoms with Crippen molar-refractivity contribution in [2.24, 2.45) is 35.0 Å². The minimum absolute atomic E-state index is 0.0113. The number of ketones is 1. The quantitative estimate of drug-likeness (QED) is 0.136. The molecule has 6 atom stereocenters. The number of hydrogen-bond donors (Lipinski definition) is 4. The third-order valence-corrected chi connectivity index (χ3v) is 9.53. The van der Waals surface area contributed by atoms with Gasteiger partial charge in [0, 0.05) is 13.1 Å². The van der Waals surface area contributed by atoms with E-state index in [0.29, 0.717) is 6.42 Å². The summed E-state index contributed by atoms with van der Waals surface area (Å²) in [6.45, 7) is 23.4. The number of rotatable bonds is 16. The molecule has 296 valence electrons. The zero-order valence-electron chi connectivity index (χ0n) is 33.6. The average Bonchev–Trinajstić information content (AvgIpc) is 3.75. The van der Waals surface area contributed by atoms with Crippen molar-refractivity contribution in [3.8, 4) is 0 Å². The van der Waals surface area contributed by atoms with E-state index in [4.69, 9.17) is 9.47 Å². The predicted octanol–water partition coefficient (Wildman–Crippen LogP) is 3.50. The van der Waals surface area contributed by atoms with Crippen LogP contribution >= 0.6 is 0 Å². The van der Waals surface area contributed by atoms with Crippen LogP contribution in [0.1, 0.15) is 116 Å². The number of urea groups is 1. The Hall–Kier alpha value is -3.71. The molecule has 0 bridgehead atoms. The number of carbonyl (C=O) groups is 7. The molecular formula is C38H65N5O9. The van der Waals surface area contributed by atoms with E-state index in [9.17, 15) is 33.6 Å². The van der Waals surface area contributed by atoms with Crippen LogP contribution in [-0.2, 0) is 38.2 Å². The molecule has 0 aromatic rings. The second kappa shape index (κ2) is 18.4. The molecular weight excluding hydrogens is 670 g/mol. The van der Waals surface area contributed by atoms with Crippen molar-refractivity contribution in [2.45, 2.75) is 152 Å². The molecule has 0 aromatic carbocycles. The molecule has 14 nitrogen and oxygen atoms in total. The van der Waals surface area contributed by atoms with Gasteiger partial charge in [-0.1, -0.05) is 55.4 Å². The molecule has 2 aliphatic rings. The standard InChI is InChI=1S/C38H65N5O9/c1-20(2)25-17-19-43(34(48)31(37(8,9)10)42-36(50)41-27(21(3)4)35(49)51-22(5)6)29(25)32(46)40-28(23(7)24-14-15-24)30(45)33(47)39-18-16-26(44)52-38(11,12)13/h20-25,27-29,31H,14-19H2,1-13H3,(H,39,47)(H,40,46)(H2,41,42,50)/t23-,25-,27+,28+,29+,31-/m1/s1. The molecule has 0 radical (unpaired) electrons. The second-order valence-electron chi connectivity index (χ2n) is 17.4. The summed E-state index contributed by atoms with van der Waals surface area (Å²) >= 11 is 0. The highest BCUT2D eigenvalue weighted by atomic mass is 16.6. The summed E-state index contributed by atoms with van der Waals surface area (Å²) in [5.41, 5.74) is -1.49. The van der Waals surface area contributed by atoms with Crippen LogP contribution in [0.25, 0.3) is 0 Å². The van der Waals surface area contributed by atoms with Crippen molar-refractivity contribution >= 4 is 41.5 Å². The molecule has 0 spiro atoms. The molecule has 14 heteroatoms. The molecule has 5 amide bonds. The fourth-order valence-corrected chi connectivity index (χ4v) is 6.50. The van der Waals surface area contributed by atoms with Crippen LogP contribution in [0.5, 0.6) is 0 Å². The first-order valence-corrected chi connectivity index (χ1v) is 18.8. The van der Waals surface area contributed by atoms with Gasteiger partial charge in [0.05, 0.1) is 12.5 Å². The van der Waals surface area contributed by atoms with Gasteiger partial charge in [-0.25, -0.2) is 9.59 Å². The van der Waals surface area contributed by atoms with Crippen molar-refractivity contribution in [1.29, 1.82) is 0 Å². The molecule has 4 N–H and O–H groups in total. The molecule has 2 rings (SSSR count). The van der Waals surface area contributed by atoms with Crippen molar-refractivity contribution in [1.82, 2.24) is 26.2 Å². The lowest BCUT2D eigenvalue weighted by Gasteiger charge is -2.37. The maximum atomic E-state index is 14.4. The third kappa shape index (κ3) is 13.1. The van der Waals surface area contributed by atoms with Crippen molar-refractivity contribution in [2.75, 3.05) is 13.1 Å². The highest BCUT2D eigenvalue weighted by molar-refractivity contribution is 6.38. The summed E-state index contributed by atoms with van der Waals surface area (Å²) in [4.78, 5) is 95.0. The largest absolute Gasteiger partial charge is 0.461 e. The highest BCUT2D eigenvalue weighted by Gasteiger charge is 2.49. The lowest BCUT2D eigenvalue weighted by atomic mass is 9.84. The Morgan fingerprint density at radius 2 is 1.38 bits per heavy atom. The van der Waals surface area contributed by atoms with Gasteiger partial charge < -0.3 is 35.6 Å². The van der Waals surface area contributed by atoms with Gasteiger partial charge in [-0.2, -0.15) is 0 Å². The molecule has 1 saturated carbocycles. The number of esters is 2. The normalized spacial score (nSPS) is 20.1. The summed E-state index contributed by atoms with van der Waals surface area (Å²) in [5.74, 6) is -4.64. The Morgan fingerprint density at radius 3 is 1.87 bits per heavy atom. The van der Waals surface area contributed by atoms with Gasteiger partial charge in [0.25, 0.3) is 5.91 Å². The number of carbonyl (C=O) groups excluding carboxylic acids is 7. The molecule has 1 saturated heterocycles. The topological polar surface area (TPSA) is 189 Å². The van der Waals surface area contributed by atoms with Crippen LogP contribution in [0.4, 0.5) is 4.79 Å². The van der Waals surface area contributed by atoms with Gasteiger partial charge in [-0.05, 0) is 88.9 Å². The van der Waals surface area contributed by atoms with E-state index in [2.05, 4.69) is 21.3 Å². The first-order valence-electron chi connectivity index (χ1n) is 18.8. The molecule has 0 unspecified atom stereocenters. The van der Waals surface area contributed by atoms with Crippen LogP contribution in [0.2, 0.25) is 0 Å². The summed E-state index contributed by atoms with van der Waals surface area (Å²) < 4.78 is 10.6. The van der Waals surface area contributed by atoms with Crippen molar-refractivity contribution in [3.05, 3.63) is 0 Å². The number of amides is 5. The van der Waals surface area contributed by atoms with E-state index in [-0.39, 0.29) is 55.2 Å². The summed E-state index contributed by atoms with van der Waals surface area (Å²) in [6, 6.07) is -4.88. The number of ether oxygens (including phenoxy) is 2. The molecule has 1 aliphatic heterocycles. The monoisotopic (exact) mass is 735 g/mol. The van der Waals surface area contributed by atoms with Gasteiger partial charge in [0.1, 0.15) is 29.8 Å². The fourth-order valence-electron chi connectivity index (χ4n) is 6.50. The number of Topliss-reactive ketones (excluding diaryl/α,β-unsaturated/α-hetero) is 1. The van der Waals surface area contributed by atoms with Crippen LogP contribution < -0.4 is 21.3 Å². The van der Waals surface area contributed by atoms with E-state index in [1.807, 2.05) is 20.8 Å². The minimum Gasteiger partial charge on any atom is -0.461 e. The maximum Gasteiger partial charge on any atom is 0.329 e. The Bertz CT molecular complexity index is 1310. The molecule has 1 aliphatic carbocycles. The summed E-state index contributed by atoms with van der Waals surface area (Å²) in [5, 5.41) is 10.8. The Balaban J connectivity index is 2.31. The molecule has 1 heterocycles. The van der Waals surface area contributed by atoms with Gasteiger partial charge in [0.2, 0.25) is 17.6 Å². The first-order chi connectivity index (χ1) is 23.8. The fraction of sp³-hybridized carbons (Fsp3) is 0.816. The number of hydrogen-bond acceptors (Lipinski definition) is 9. The van der Waals surface area contributed by atoms with Crippen LogP contribution in [0.15, 0.2) is 0 Å². The number of likely N-dealkylation sites (tertiary alicyclic amines) is 1. The maximum absolute atomic E-state index is 14.4. The number of nitrogens with zero attached hydrogens (tertiary/aromatic N) is 1. The summed E-state index contributed by atoms with van der Waals surface area (Å²) in [7, 11) is 0. The van der Waals surface area contributed by atoms with Gasteiger partial charge in [-0.15, -0.1) is 0 Å². The Labute approximate surface area is 310 Å². The number of nitrogens with one attached hydrogen (secondary N) is 4. The Morgan fingerprint density at radius 1 is 0.788 bits per heavy atom. The van der Waals surface area contributed by atoms with Crippen LogP contribution in [-0.4, -0.2) is 95.3 Å². The molecule has 0 aromatic heterocycles. The lowest BCUT2D eigenvalue weighted by Crippen LogP contribution is -2.62. The predicted molar refractivity (Wildman–Crippen MR) is 196 cm³/mol. The average molecular weight is 736 g/mol. The van der Waals surface area contributed by atoms with E-state index in [1.54, 1.807) is 69.2 Å². The molecule has 52 heavy (non-hydrogen) atoms. The van der Waals surface area contributed by atoms with Crippen LogP contribution in [0, 0.1) is 35.0 Å². The first kappa shape index (κ1) is 44.5.